The predicted octanol–water partition coefficient (Wildman–Crippen LogP) is 1.89. The molecule has 0 aliphatic carbocycles. The zero-order valence-electron chi connectivity index (χ0n) is 17.0. The molecule has 2 aromatic rings. The first-order valence-corrected chi connectivity index (χ1v) is 10.7. The topological polar surface area (TPSA) is 89.3 Å². The molecule has 8 nitrogen and oxygen atoms in total. The van der Waals surface area contributed by atoms with Crippen molar-refractivity contribution in [3.8, 4) is 0 Å². The van der Waals surface area contributed by atoms with Gasteiger partial charge in [0.25, 0.3) is 5.91 Å². The molecule has 1 aliphatic heterocycles. The fraction of sp³-hybridized carbons (Fsp3) is 0.500. The second-order valence-electron chi connectivity index (χ2n) is 7.24. The number of aromatic nitrogens is 3. The van der Waals surface area contributed by atoms with Crippen molar-refractivity contribution in [1.82, 2.24) is 25.0 Å². The van der Waals surface area contributed by atoms with Crippen LogP contribution >= 0.6 is 11.8 Å². The Morgan fingerprint density at radius 2 is 1.86 bits per heavy atom. The van der Waals surface area contributed by atoms with Crippen LogP contribution in [0.2, 0.25) is 0 Å². The summed E-state index contributed by atoms with van der Waals surface area (Å²) in [5.41, 5.74) is 0.603. The van der Waals surface area contributed by atoms with E-state index >= 15 is 0 Å². The van der Waals surface area contributed by atoms with Gasteiger partial charge in [0.15, 0.2) is 11.0 Å². The van der Waals surface area contributed by atoms with Crippen LogP contribution in [0.5, 0.6) is 0 Å². The van der Waals surface area contributed by atoms with Gasteiger partial charge < -0.3 is 19.5 Å². The van der Waals surface area contributed by atoms with E-state index in [1.165, 1.54) is 11.8 Å². The number of hydrogen-bond acceptors (Lipinski definition) is 6. The van der Waals surface area contributed by atoms with Gasteiger partial charge >= 0.3 is 0 Å². The van der Waals surface area contributed by atoms with Crippen LogP contribution in [0.25, 0.3) is 0 Å². The van der Waals surface area contributed by atoms with Gasteiger partial charge in [-0.2, -0.15) is 0 Å². The molecule has 0 unspecified atom stereocenters. The molecule has 1 aromatic carbocycles. The number of benzene rings is 1. The number of hydrogen-bond donors (Lipinski definition) is 1. The summed E-state index contributed by atoms with van der Waals surface area (Å²) in [6.07, 6.45) is 0. The highest BCUT2D eigenvalue weighted by molar-refractivity contribution is 7.99. The Kier molecular flexibility index (Phi) is 7.27. The number of ether oxygens (including phenoxy) is 1. The maximum absolute atomic E-state index is 12.6. The molecule has 29 heavy (non-hydrogen) atoms. The molecule has 0 radical (unpaired) electrons. The Morgan fingerprint density at radius 3 is 2.52 bits per heavy atom. The van der Waals surface area contributed by atoms with Crippen LogP contribution in [-0.4, -0.2) is 63.5 Å². The molecule has 1 atom stereocenters. The molecule has 2 heterocycles. The number of amides is 2. The third-order valence-electron chi connectivity index (χ3n) is 4.82. The Labute approximate surface area is 175 Å². The van der Waals surface area contributed by atoms with Crippen molar-refractivity contribution in [3.05, 3.63) is 41.7 Å². The van der Waals surface area contributed by atoms with Crippen LogP contribution in [0.3, 0.4) is 0 Å². The van der Waals surface area contributed by atoms with Crippen LogP contribution in [-0.2, 0) is 16.6 Å². The van der Waals surface area contributed by atoms with Crippen LogP contribution in [0.1, 0.15) is 36.1 Å². The van der Waals surface area contributed by atoms with E-state index in [0.717, 1.165) is 0 Å². The van der Waals surface area contributed by atoms with Gasteiger partial charge in [-0.05, 0) is 18.1 Å². The number of nitrogens with zero attached hydrogens (tertiary/aromatic N) is 4. The van der Waals surface area contributed by atoms with Crippen LogP contribution in [0, 0.1) is 5.92 Å². The van der Waals surface area contributed by atoms with Crippen molar-refractivity contribution >= 4 is 23.6 Å². The molecule has 9 heteroatoms. The summed E-state index contributed by atoms with van der Waals surface area (Å²) in [7, 11) is 1.86. The van der Waals surface area contributed by atoms with Crippen molar-refractivity contribution in [3.63, 3.8) is 0 Å². The van der Waals surface area contributed by atoms with Crippen molar-refractivity contribution in [2.24, 2.45) is 13.0 Å². The lowest BCUT2D eigenvalue weighted by Gasteiger charge is -2.26. The predicted molar refractivity (Wildman–Crippen MR) is 111 cm³/mol. The molecule has 0 saturated carbocycles. The highest BCUT2D eigenvalue weighted by Crippen LogP contribution is 2.24. The maximum atomic E-state index is 12.6. The summed E-state index contributed by atoms with van der Waals surface area (Å²) in [6, 6.07) is 8.82. The van der Waals surface area contributed by atoms with E-state index in [4.69, 9.17) is 4.74 Å². The largest absolute Gasteiger partial charge is 0.378 e. The normalized spacial score (nSPS) is 15.4. The number of morpholine rings is 1. The molecule has 2 amide bonds. The second kappa shape index (κ2) is 9.89. The Morgan fingerprint density at radius 1 is 1.17 bits per heavy atom. The number of thioether (sulfide) groups is 1. The lowest BCUT2D eigenvalue weighted by Crippen LogP contribution is -2.41. The monoisotopic (exact) mass is 417 g/mol. The van der Waals surface area contributed by atoms with Crippen molar-refractivity contribution < 1.29 is 14.3 Å². The first-order valence-electron chi connectivity index (χ1n) is 9.71. The molecule has 1 aromatic heterocycles. The summed E-state index contributed by atoms with van der Waals surface area (Å²) in [5.74, 6) is 1.02. The standard InChI is InChI=1S/C20H27N5O3S/c1-14(2)17(21-19(27)15-7-5-4-6-8-15)18-22-23-20(24(18)3)29-13-16(26)25-9-11-28-12-10-25/h4-8,14,17H,9-13H2,1-3H3,(H,21,27)/t17-/m1/s1. The molecular formula is C20H27N5O3S. The summed E-state index contributed by atoms with van der Waals surface area (Å²) in [6.45, 7) is 6.48. The smallest absolute Gasteiger partial charge is 0.251 e. The van der Waals surface area contributed by atoms with Gasteiger partial charge in [0, 0.05) is 25.7 Å². The van der Waals surface area contributed by atoms with Crippen molar-refractivity contribution in [2.45, 2.75) is 25.0 Å². The SMILES string of the molecule is CC(C)[C@@H](NC(=O)c1ccccc1)c1nnc(SCC(=O)N2CCOCC2)n1C. The Balaban J connectivity index is 1.66. The second-order valence-corrected chi connectivity index (χ2v) is 8.19. The first-order chi connectivity index (χ1) is 14.0. The minimum Gasteiger partial charge on any atom is -0.378 e. The zero-order valence-corrected chi connectivity index (χ0v) is 17.8. The first kappa shape index (κ1) is 21.3. The lowest BCUT2D eigenvalue weighted by molar-refractivity contribution is -0.132. The van der Waals surface area contributed by atoms with E-state index in [1.54, 1.807) is 12.1 Å². The Bertz CT molecular complexity index is 834. The molecule has 0 spiro atoms. The molecule has 3 rings (SSSR count). The highest BCUT2D eigenvalue weighted by Gasteiger charge is 2.26. The molecule has 156 valence electrons. The fourth-order valence-corrected chi connectivity index (χ4v) is 3.92. The van der Waals surface area contributed by atoms with Crippen LogP contribution in [0.4, 0.5) is 0 Å². The highest BCUT2D eigenvalue weighted by atomic mass is 32.2. The molecule has 1 N–H and O–H groups in total. The van der Waals surface area contributed by atoms with Gasteiger partial charge in [0.2, 0.25) is 5.91 Å². The van der Waals surface area contributed by atoms with Crippen LogP contribution < -0.4 is 5.32 Å². The van der Waals surface area contributed by atoms with Gasteiger partial charge in [-0.1, -0.05) is 43.8 Å². The summed E-state index contributed by atoms with van der Waals surface area (Å²) in [5, 5.41) is 12.3. The molecular weight excluding hydrogens is 390 g/mol. The minimum absolute atomic E-state index is 0.0700. The third-order valence-corrected chi connectivity index (χ3v) is 5.83. The average Bonchev–Trinajstić information content (AvgIpc) is 3.11. The number of rotatable bonds is 7. The van der Waals surface area contributed by atoms with Crippen LogP contribution in [0.15, 0.2) is 35.5 Å². The van der Waals surface area contributed by atoms with E-state index < -0.39 is 0 Å². The van der Waals surface area contributed by atoms with E-state index in [0.29, 0.717) is 48.6 Å². The summed E-state index contributed by atoms with van der Waals surface area (Å²) in [4.78, 5) is 26.8. The van der Waals surface area contributed by atoms with Gasteiger partial charge in [-0.3, -0.25) is 9.59 Å². The minimum atomic E-state index is -0.287. The van der Waals surface area contributed by atoms with Gasteiger partial charge in [0.05, 0.1) is 25.0 Å². The van der Waals surface area contributed by atoms with Crippen molar-refractivity contribution in [2.75, 3.05) is 32.1 Å². The van der Waals surface area contributed by atoms with Gasteiger partial charge in [-0.15, -0.1) is 10.2 Å². The fourth-order valence-electron chi connectivity index (χ4n) is 3.10. The number of carbonyl (C=O) groups excluding carboxylic acids is 2. The summed E-state index contributed by atoms with van der Waals surface area (Å²) >= 11 is 1.36. The quantitative estimate of drug-likeness (QED) is 0.692. The summed E-state index contributed by atoms with van der Waals surface area (Å²) < 4.78 is 7.14. The number of carbonyl (C=O) groups is 2. The molecule has 1 aliphatic rings. The molecule has 1 fully saturated rings. The lowest BCUT2D eigenvalue weighted by atomic mass is 10.0. The average molecular weight is 418 g/mol. The zero-order chi connectivity index (χ0) is 20.8. The number of nitrogens with one attached hydrogen (secondary N) is 1. The molecule has 0 bridgehead atoms. The molecule has 1 saturated heterocycles. The van der Waals surface area contributed by atoms with Gasteiger partial charge in [0.1, 0.15) is 0 Å². The van der Waals surface area contributed by atoms with E-state index in [1.807, 2.05) is 48.6 Å². The van der Waals surface area contributed by atoms with Gasteiger partial charge in [-0.25, -0.2) is 0 Å². The third kappa shape index (κ3) is 5.36. The Hall–Kier alpha value is -2.39. The van der Waals surface area contributed by atoms with E-state index in [-0.39, 0.29) is 23.8 Å². The van der Waals surface area contributed by atoms with E-state index in [9.17, 15) is 9.59 Å². The van der Waals surface area contributed by atoms with Crippen molar-refractivity contribution in [1.29, 1.82) is 0 Å². The maximum Gasteiger partial charge on any atom is 0.251 e. The van der Waals surface area contributed by atoms with E-state index in [2.05, 4.69) is 15.5 Å².